The fourth-order valence-electron chi connectivity index (χ4n) is 1.03. The zero-order chi connectivity index (χ0) is 12.0. The minimum absolute atomic E-state index is 0.0100. The van der Waals surface area contributed by atoms with E-state index in [1.165, 1.54) is 19.4 Å². The van der Waals surface area contributed by atoms with Crippen molar-refractivity contribution < 1.29 is 9.66 Å². The molecule has 1 aromatic heterocycles. The third-order valence-electron chi connectivity index (χ3n) is 1.72. The number of nitrogens with one attached hydrogen (secondary N) is 1. The molecule has 1 aromatic rings. The van der Waals surface area contributed by atoms with Gasteiger partial charge in [-0.3, -0.25) is 10.1 Å². The van der Waals surface area contributed by atoms with Gasteiger partial charge in [-0.05, 0) is 7.05 Å². The fourth-order valence-corrected chi connectivity index (χ4v) is 1.03. The van der Waals surface area contributed by atoms with Gasteiger partial charge in [-0.2, -0.15) is 0 Å². The van der Waals surface area contributed by atoms with Crippen LogP contribution in [0.25, 0.3) is 0 Å². The van der Waals surface area contributed by atoms with E-state index in [-0.39, 0.29) is 11.6 Å². The summed E-state index contributed by atoms with van der Waals surface area (Å²) in [5.74, 6) is 5.54. The highest BCUT2D eigenvalue weighted by Crippen LogP contribution is 2.23. The maximum atomic E-state index is 10.7. The summed E-state index contributed by atoms with van der Waals surface area (Å²) in [5, 5.41) is 13.5. The molecule has 0 radical (unpaired) electrons. The number of aromatic nitrogens is 1. The van der Waals surface area contributed by atoms with Crippen LogP contribution < -0.4 is 10.1 Å². The number of rotatable bonds is 3. The highest BCUT2D eigenvalue weighted by Gasteiger charge is 2.16. The van der Waals surface area contributed by atoms with Gasteiger partial charge in [-0.1, -0.05) is 11.8 Å². The zero-order valence-corrected chi connectivity index (χ0v) is 8.98. The molecule has 0 aliphatic rings. The van der Waals surface area contributed by atoms with Crippen LogP contribution in [0, 0.1) is 22.0 Å². The second kappa shape index (κ2) is 5.68. The third kappa shape index (κ3) is 2.93. The van der Waals surface area contributed by atoms with E-state index in [1.807, 2.05) is 0 Å². The van der Waals surface area contributed by atoms with Crippen molar-refractivity contribution in [3.05, 3.63) is 27.9 Å². The van der Waals surface area contributed by atoms with Crippen LogP contribution in [0.4, 0.5) is 5.69 Å². The van der Waals surface area contributed by atoms with Crippen LogP contribution in [-0.4, -0.2) is 30.6 Å². The molecular formula is C10H11N3O3. The zero-order valence-electron chi connectivity index (χ0n) is 8.98. The summed E-state index contributed by atoms with van der Waals surface area (Å²) in [7, 11) is 3.10. The first kappa shape index (κ1) is 11.9. The molecule has 1 rings (SSSR count). The van der Waals surface area contributed by atoms with Crippen LogP contribution in [0.1, 0.15) is 5.56 Å². The first-order valence-corrected chi connectivity index (χ1v) is 4.51. The average molecular weight is 221 g/mol. The van der Waals surface area contributed by atoms with E-state index in [4.69, 9.17) is 4.74 Å². The number of pyridine rings is 1. The van der Waals surface area contributed by atoms with E-state index in [9.17, 15) is 10.1 Å². The Morgan fingerprint density at radius 1 is 1.69 bits per heavy atom. The molecule has 0 aromatic carbocycles. The predicted molar refractivity (Wildman–Crippen MR) is 58.2 cm³/mol. The van der Waals surface area contributed by atoms with Gasteiger partial charge in [0.05, 0.1) is 24.1 Å². The minimum atomic E-state index is -0.547. The monoisotopic (exact) mass is 221 g/mol. The number of hydrogen-bond donors (Lipinski definition) is 1. The molecule has 6 nitrogen and oxygen atoms in total. The molecule has 0 aliphatic heterocycles. The molecule has 0 spiro atoms. The van der Waals surface area contributed by atoms with Gasteiger partial charge in [0.2, 0.25) is 0 Å². The van der Waals surface area contributed by atoms with Gasteiger partial charge in [0.25, 0.3) is 5.88 Å². The van der Waals surface area contributed by atoms with E-state index >= 15 is 0 Å². The van der Waals surface area contributed by atoms with E-state index < -0.39 is 4.92 Å². The second-order valence-electron chi connectivity index (χ2n) is 2.84. The Morgan fingerprint density at radius 2 is 2.44 bits per heavy atom. The highest BCUT2D eigenvalue weighted by atomic mass is 16.6. The first-order chi connectivity index (χ1) is 7.69. The Labute approximate surface area is 92.8 Å². The molecule has 6 heteroatoms. The Morgan fingerprint density at radius 3 is 3.00 bits per heavy atom. The summed E-state index contributed by atoms with van der Waals surface area (Å²) in [5.41, 5.74) is 0.307. The molecule has 0 fully saturated rings. The van der Waals surface area contributed by atoms with Crippen molar-refractivity contribution in [3.8, 4) is 17.7 Å². The fraction of sp³-hybridized carbons (Fsp3) is 0.300. The van der Waals surface area contributed by atoms with Crippen LogP contribution in [0.2, 0.25) is 0 Å². The summed E-state index contributed by atoms with van der Waals surface area (Å²) in [6.07, 6.45) is 1.44. The summed E-state index contributed by atoms with van der Waals surface area (Å²) in [6.45, 7) is 0.514. The number of ether oxygens (including phenoxy) is 1. The lowest BCUT2D eigenvalue weighted by molar-refractivity contribution is -0.386. The molecule has 1 heterocycles. The second-order valence-corrected chi connectivity index (χ2v) is 2.84. The summed E-state index contributed by atoms with van der Waals surface area (Å²) >= 11 is 0. The van der Waals surface area contributed by atoms with Crippen LogP contribution >= 0.6 is 0 Å². The lowest BCUT2D eigenvalue weighted by Gasteiger charge is -1.99. The quantitative estimate of drug-likeness (QED) is 0.458. The SMILES string of the molecule is CNCC#Cc1cnc(OC)c([N+](=O)[O-])c1. The minimum Gasteiger partial charge on any atom is -0.476 e. The number of nitro groups is 1. The van der Waals surface area contributed by atoms with Crippen LogP contribution in [0.5, 0.6) is 5.88 Å². The van der Waals surface area contributed by atoms with Gasteiger partial charge in [-0.15, -0.1) is 0 Å². The van der Waals surface area contributed by atoms with E-state index in [0.29, 0.717) is 12.1 Å². The van der Waals surface area contributed by atoms with Crippen molar-refractivity contribution in [2.45, 2.75) is 0 Å². The molecule has 0 unspecified atom stereocenters. The summed E-state index contributed by atoms with van der Waals surface area (Å²) in [6, 6.07) is 1.34. The van der Waals surface area contributed by atoms with Crippen LogP contribution in [-0.2, 0) is 0 Å². The van der Waals surface area contributed by atoms with Crippen molar-refractivity contribution in [2.24, 2.45) is 0 Å². The van der Waals surface area contributed by atoms with Crippen molar-refractivity contribution in [3.63, 3.8) is 0 Å². The Hall–Kier alpha value is -2.13. The molecule has 0 amide bonds. The maximum absolute atomic E-state index is 10.7. The van der Waals surface area contributed by atoms with Crippen molar-refractivity contribution in [1.82, 2.24) is 10.3 Å². The molecule has 0 aliphatic carbocycles. The highest BCUT2D eigenvalue weighted by molar-refractivity contribution is 5.47. The van der Waals surface area contributed by atoms with E-state index in [0.717, 1.165) is 0 Å². The molecule has 0 bridgehead atoms. The Bertz CT molecular complexity index is 448. The molecule has 0 saturated heterocycles. The third-order valence-corrected chi connectivity index (χ3v) is 1.72. The normalized spacial score (nSPS) is 9.12. The molecule has 0 saturated carbocycles. The van der Waals surface area contributed by atoms with Gasteiger partial charge in [0.15, 0.2) is 0 Å². The summed E-state index contributed by atoms with van der Waals surface area (Å²) < 4.78 is 4.77. The van der Waals surface area contributed by atoms with Gasteiger partial charge in [-0.25, -0.2) is 4.98 Å². The van der Waals surface area contributed by atoms with Gasteiger partial charge >= 0.3 is 5.69 Å². The van der Waals surface area contributed by atoms with E-state index in [1.54, 1.807) is 7.05 Å². The van der Waals surface area contributed by atoms with Gasteiger partial charge < -0.3 is 10.1 Å². The lowest BCUT2D eigenvalue weighted by Crippen LogP contribution is -2.04. The number of hydrogen-bond acceptors (Lipinski definition) is 5. The Kier molecular flexibility index (Phi) is 4.24. The van der Waals surface area contributed by atoms with Gasteiger partial charge in [0, 0.05) is 12.3 Å². The maximum Gasteiger partial charge on any atom is 0.332 e. The van der Waals surface area contributed by atoms with Crippen LogP contribution in [0.15, 0.2) is 12.3 Å². The Balaban J connectivity index is 3.04. The standard InChI is InChI=1S/C10H11N3O3/c1-11-5-3-4-8-6-9(13(14)15)10(16-2)12-7-8/h6-7,11H,5H2,1-2H3. The number of methoxy groups -OCH3 is 1. The lowest BCUT2D eigenvalue weighted by atomic mass is 10.2. The van der Waals surface area contributed by atoms with Gasteiger partial charge in [0.1, 0.15) is 0 Å². The van der Waals surface area contributed by atoms with Crippen LogP contribution in [0.3, 0.4) is 0 Å². The molecular weight excluding hydrogens is 210 g/mol. The van der Waals surface area contributed by atoms with E-state index in [2.05, 4.69) is 22.1 Å². The largest absolute Gasteiger partial charge is 0.476 e. The summed E-state index contributed by atoms with van der Waals surface area (Å²) in [4.78, 5) is 14.0. The average Bonchev–Trinajstić information content (AvgIpc) is 2.29. The molecule has 1 N–H and O–H groups in total. The van der Waals surface area contributed by atoms with Crippen molar-refractivity contribution in [2.75, 3.05) is 20.7 Å². The first-order valence-electron chi connectivity index (χ1n) is 4.51. The predicted octanol–water partition coefficient (Wildman–Crippen LogP) is 0.569. The smallest absolute Gasteiger partial charge is 0.332 e. The molecule has 0 atom stereocenters. The number of nitrogens with zero attached hydrogens (tertiary/aromatic N) is 2. The molecule has 16 heavy (non-hydrogen) atoms. The topological polar surface area (TPSA) is 77.3 Å². The van der Waals surface area contributed by atoms with Crippen molar-refractivity contribution in [1.29, 1.82) is 0 Å². The van der Waals surface area contributed by atoms with Crippen molar-refractivity contribution >= 4 is 5.69 Å². The molecule has 84 valence electrons.